The minimum Gasteiger partial charge on any atom is -0.477 e. The van der Waals surface area contributed by atoms with Crippen molar-refractivity contribution in [3.8, 4) is 0 Å². The van der Waals surface area contributed by atoms with Crippen LogP contribution in [-0.4, -0.2) is 33.6 Å². The fourth-order valence-corrected chi connectivity index (χ4v) is 2.58. The summed E-state index contributed by atoms with van der Waals surface area (Å²) in [5, 5.41) is 11.1. The van der Waals surface area contributed by atoms with Gasteiger partial charge in [0.15, 0.2) is 5.69 Å². The summed E-state index contributed by atoms with van der Waals surface area (Å²) in [6.07, 6.45) is -3.97. The van der Waals surface area contributed by atoms with Gasteiger partial charge in [0, 0.05) is 24.3 Å². The summed E-state index contributed by atoms with van der Waals surface area (Å²) in [6, 6.07) is 1.89. The monoisotopic (exact) mass is 388 g/mol. The summed E-state index contributed by atoms with van der Waals surface area (Å²) in [6.45, 7) is 2.29. The molecule has 0 spiro atoms. The Kier molecular flexibility index (Phi) is 4.62. The second-order valence-corrected chi connectivity index (χ2v) is 6.01. The maximum Gasteiger partial charge on any atom is 0.433 e. The summed E-state index contributed by atoms with van der Waals surface area (Å²) in [5.41, 5.74) is -2.66. The zero-order valence-electron chi connectivity index (χ0n) is 13.8. The van der Waals surface area contributed by atoms with Gasteiger partial charge in [0.1, 0.15) is 23.0 Å². The number of rotatable bonds is 4. The third kappa shape index (κ3) is 3.76. The number of carboxylic acid groups (broad SMARTS) is 1. The van der Waals surface area contributed by atoms with Gasteiger partial charge in [-0.25, -0.2) is 18.6 Å². The van der Waals surface area contributed by atoms with Crippen LogP contribution in [0.1, 0.15) is 29.4 Å². The molecule has 144 valence electrons. The van der Waals surface area contributed by atoms with Crippen LogP contribution in [0.3, 0.4) is 0 Å². The molecule has 1 aromatic heterocycles. The summed E-state index contributed by atoms with van der Waals surface area (Å²) in [4.78, 5) is 19.9. The van der Waals surface area contributed by atoms with Gasteiger partial charge in [-0.1, -0.05) is 0 Å². The lowest BCUT2D eigenvalue weighted by atomic mass is 10.1. The summed E-state index contributed by atoms with van der Waals surface area (Å²) < 4.78 is 66.9. The molecule has 0 radical (unpaired) electrons. The van der Waals surface area contributed by atoms with Crippen LogP contribution in [0.4, 0.5) is 39.4 Å². The van der Waals surface area contributed by atoms with Crippen molar-refractivity contribution in [3.05, 3.63) is 41.1 Å². The molecule has 2 aromatic rings. The first-order valence-corrected chi connectivity index (χ1v) is 7.78. The van der Waals surface area contributed by atoms with E-state index in [1.54, 1.807) is 11.8 Å². The van der Waals surface area contributed by atoms with Crippen molar-refractivity contribution in [2.75, 3.05) is 16.8 Å². The average Bonchev–Trinajstić information content (AvgIpc) is 2.51. The van der Waals surface area contributed by atoms with Gasteiger partial charge in [-0.2, -0.15) is 18.2 Å². The number of halogens is 5. The minimum atomic E-state index is -4.74. The molecule has 1 aromatic carbocycles. The molecular formula is C16H13F5N4O2. The van der Waals surface area contributed by atoms with E-state index < -0.39 is 35.0 Å². The quantitative estimate of drug-likeness (QED) is 0.776. The average molecular weight is 388 g/mol. The highest BCUT2D eigenvalue weighted by Gasteiger charge is 2.36. The van der Waals surface area contributed by atoms with E-state index in [1.165, 1.54) is 0 Å². The Morgan fingerprint density at radius 3 is 2.30 bits per heavy atom. The standard InChI is InChI=1S/C16H13F5N4O2/c1-7-2-3-25(7)15-23-11(16(19,20)21)6-12(24-15)22-8-4-9(17)13(14(26)27)10(18)5-8/h4-7H,2-3H2,1H3,(H,26,27)(H,22,23,24)/t7-/m0/s1. The lowest BCUT2D eigenvalue weighted by molar-refractivity contribution is -0.141. The SMILES string of the molecule is C[C@H]1CCN1c1nc(Nc2cc(F)c(C(=O)O)c(F)c2)cc(C(F)(F)F)n1. The number of anilines is 3. The molecule has 27 heavy (non-hydrogen) atoms. The van der Waals surface area contributed by atoms with E-state index in [9.17, 15) is 26.7 Å². The fraction of sp³-hybridized carbons (Fsp3) is 0.312. The molecule has 11 heteroatoms. The summed E-state index contributed by atoms with van der Waals surface area (Å²) in [5.74, 6) is -5.02. The number of hydrogen-bond donors (Lipinski definition) is 2. The Balaban J connectivity index is 1.99. The molecule has 1 saturated heterocycles. The molecule has 2 heterocycles. The van der Waals surface area contributed by atoms with Gasteiger partial charge in [0.2, 0.25) is 5.95 Å². The lowest BCUT2D eigenvalue weighted by Crippen LogP contribution is -2.46. The van der Waals surface area contributed by atoms with Crippen LogP contribution >= 0.6 is 0 Å². The summed E-state index contributed by atoms with van der Waals surface area (Å²) >= 11 is 0. The number of carboxylic acids is 1. The normalized spacial score (nSPS) is 16.8. The van der Waals surface area contributed by atoms with Gasteiger partial charge in [0.25, 0.3) is 0 Å². The van der Waals surface area contributed by atoms with Crippen molar-refractivity contribution in [1.29, 1.82) is 0 Å². The van der Waals surface area contributed by atoms with Crippen molar-refractivity contribution in [3.63, 3.8) is 0 Å². The van der Waals surface area contributed by atoms with Crippen molar-refractivity contribution in [2.45, 2.75) is 25.6 Å². The number of hydrogen-bond acceptors (Lipinski definition) is 5. The molecular weight excluding hydrogens is 375 g/mol. The number of carbonyl (C=O) groups is 1. The van der Waals surface area contributed by atoms with E-state index in [0.29, 0.717) is 24.7 Å². The van der Waals surface area contributed by atoms with Crippen LogP contribution in [-0.2, 0) is 6.18 Å². The smallest absolute Gasteiger partial charge is 0.433 e. The molecule has 1 aliphatic heterocycles. The van der Waals surface area contributed by atoms with Crippen LogP contribution in [0.25, 0.3) is 0 Å². The number of benzene rings is 1. The van der Waals surface area contributed by atoms with E-state index in [1.807, 2.05) is 0 Å². The molecule has 1 fully saturated rings. The van der Waals surface area contributed by atoms with Crippen LogP contribution in [0.2, 0.25) is 0 Å². The predicted octanol–water partition coefficient (Wildman–Crippen LogP) is 3.81. The lowest BCUT2D eigenvalue weighted by Gasteiger charge is -2.38. The summed E-state index contributed by atoms with van der Waals surface area (Å²) in [7, 11) is 0. The van der Waals surface area contributed by atoms with Crippen LogP contribution in [0, 0.1) is 11.6 Å². The first kappa shape index (κ1) is 18.8. The van der Waals surface area contributed by atoms with E-state index in [4.69, 9.17) is 5.11 Å². The van der Waals surface area contributed by atoms with Gasteiger partial charge in [-0.05, 0) is 25.5 Å². The Morgan fingerprint density at radius 1 is 1.22 bits per heavy atom. The zero-order chi connectivity index (χ0) is 19.9. The van der Waals surface area contributed by atoms with E-state index in [0.717, 1.165) is 6.42 Å². The molecule has 3 rings (SSSR count). The molecule has 0 bridgehead atoms. The Labute approximate surface area is 149 Å². The third-order valence-corrected chi connectivity index (χ3v) is 4.11. The highest BCUT2D eigenvalue weighted by molar-refractivity contribution is 5.89. The number of nitrogens with one attached hydrogen (secondary N) is 1. The molecule has 0 aliphatic carbocycles. The van der Waals surface area contributed by atoms with Crippen molar-refractivity contribution in [1.82, 2.24) is 9.97 Å². The Morgan fingerprint density at radius 2 is 1.85 bits per heavy atom. The number of aromatic carboxylic acids is 1. The van der Waals surface area contributed by atoms with Gasteiger partial charge in [-0.3, -0.25) is 0 Å². The van der Waals surface area contributed by atoms with Crippen molar-refractivity contribution in [2.24, 2.45) is 0 Å². The topological polar surface area (TPSA) is 78.4 Å². The second-order valence-electron chi connectivity index (χ2n) is 6.01. The number of alkyl halides is 3. The first-order valence-electron chi connectivity index (χ1n) is 7.78. The highest BCUT2D eigenvalue weighted by atomic mass is 19.4. The molecule has 0 saturated carbocycles. The largest absolute Gasteiger partial charge is 0.477 e. The van der Waals surface area contributed by atoms with Gasteiger partial charge >= 0.3 is 12.1 Å². The zero-order valence-corrected chi connectivity index (χ0v) is 13.8. The first-order chi connectivity index (χ1) is 12.6. The predicted molar refractivity (Wildman–Crippen MR) is 85.1 cm³/mol. The second kappa shape index (κ2) is 6.63. The van der Waals surface area contributed by atoms with E-state index in [2.05, 4.69) is 15.3 Å². The van der Waals surface area contributed by atoms with Crippen LogP contribution in [0.5, 0.6) is 0 Å². The molecule has 0 unspecified atom stereocenters. The molecule has 6 nitrogen and oxygen atoms in total. The molecule has 1 aliphatic rings. The van der Waals surface area contributed by atoms with Crippen LogP contribution in [0.15, 0.2) is 18.2 Å². The van der Waals surface area contributed by atoms with Gasteiger partial charge in [-0.15, -0.1) is 0 Å². The molecule has 2 N–H and O–H groups in total. The maximum absolute atomic E-state index is 13.8. The van der Waals surface area contributed by atoms with Crippen LogP contribution < -0.4 is 10.2 Å². The molecule has 0 amide bonds. The Hall–Kier alpha value is -2.98. The van der Waals surface area contributed by atoms with E-state index in [-0.39, 0.29) is 23.5 Å². The number of nitrogens with zero attached hydrogens (tertiary/aromatic N) is 3. The van der Waals surface area contributed by atoms with Crippen molar-refractivity contribution >= 4 is 23.4 Å². The highest BCUT2D eigenvalue weighted by Crippen LogP contribution is 2.33. The van der Waals surface area contributed by atoms with Gasteiger partial charge < -0.3 is 15.3 Å². The minimum absolute atomic E-state index is 0.0360. The maximum atomic E-state index is 13.8. The van der Waals surface area contributed by atoms with Gasteiger partial charge in [0.05, 0.1) is 0 Å². The van der Waals surface area contributed by atoms with E-state index >= 15 is 0 Å². The number of aromatic nitrogens is 2. The third-order valence-electron chi connectivity index (χ3n) is 4.11. The fourth-order valence-electron chi connectivity index (χ4n) is 2.58. The molecule has 1 atom stereocenters. The van der Waals surface area contributed by atoms with Crippen molar-refractivity contribution < 1.29 is 31.9 Å². The Bertz CT molecular complexity index is 880.